The molecule has 0 radical (unpaired) electrons. The third kappa shape index (κ3) is 3.01. The lowest BCUT2D eigenvalue weighted by Gasteiger charge is -2.45. The van der Waals surface area contributed by atoms with E-state index >= 15 is 0 Å². The molecule has 0 saturated carbocycles. The molecule has 19 heavy (non-hydrogen) atoms. The first-order valence-electron chi connectivity index (χ1n) is 6.72. The molecule has 2 rings (SSSR count). The van der Waals surface area contributed by atoms with Crippen LogP contribution in [0.3, 0.4) is 0 Å². The van der Waals surface area contributed by atoms with Gasteiger partial charge < -0.3 is 9.84 Å². The van der Waals surface area contributed by atoms with Crippen molar-refractivity contribution in [1.82, 2.24) is 9.80 Å². The SMILES string of the molecule is COc1cccc(CN2CCN(C)C(C)(C)C2)c1O. The summed E-state index contributed by atoms with van der Waals surface area (Å²) in [6.45, 7) is 8.35. The smallest absolute Gasteiger partial charge is 0.162 e. The van der Waals surface area contributed by atoms with Gasteiger partial charge in [0, 0.05) is 37.3 Å². The molecule has 0 unspecified atom stereocenters. The Morgan fingerprint density at radius 2 is 2.05 bits per heavy atom. The van der Waals surface area contributed by atoms with Gasteiger partial charge in [0.15, 0.2) is 11.5 Å². The van der Waals surface area contributed by atoms with Crippen LogP contribution in [0, 0.1) is 0 Å². The van der Waals surface area contributed by atoms with Gasteiger partial charge in [-0.25, -0.2) is 0 Å². The fourth-order valence-corrected chi connectivity index (χ4v) is 2.58. The number of para-hydroxylation sites is 1. The molecule has 0 bridgehead atoms. The van der Waals surface area contributed by atoms with E-state index in [9.17, 15) is 5.11 Å². The number of piperazine rings is 1. The lowest BCUT2D eigenvalue weighted by molar-refractivity contribution is 0.0356. The van der Waals surface area contributed by atoms with E-state index in [1.54, 1.807) is 13.2 Å². The molecule has 1 aliphatic rings. The van der Waals surface area contributed by atoms with E-state index in [0.717, 1.165) is 31.7 Å². The number of hydrogen-bond acceptors (Lipinski definition) is 4. The van der Waals surface area contributed by atoms with Crippen LogP contribution in [0.5, 0.6) is 11.5 Å². The lowest BCUT2D eigenvalue weighted by Crippen LogP contribution is -2.57. The molecule has 0 amide bonds. The van der Waals surface area contributed by atoms with Crippen molar-refractivity contribution in [2.24, 2.45) is 0 Å². The van der Waals surface area contributed by atoms with Gasteiger partial charge in [-0.2, -0.15) is 0 Å². The largest absolute Gasteiger partial charge is 0.504 e. The zero-order chi connectivity index (χ0) is 14.0. The van der Waals surface area contributed by atoms with Gasteiger partial charge >= 0.3 is 0 Å². The molecule has 0 atom stereocenters. The van der Waals surface area contributed by atoms with Crippen LogP contribution >= 0.6 is 0 Å². The number of ether oxygens (including phenoxy) is 1. The minimum absolute atomic E-state index is 0.173. The number of rotatable bonds is 3. The maximum absolute atomic E-state index is 10.1. The second kappa shape index (κ2) is 5.39. The Hall–Kier alpha value is -1.26. The standard InChI is InChI=1S/C15H24N2O2/c1-15(2)11-17(9-8-16(15)3)10-12-6-5-7-13(19-4)14(12)18/h5-7,18H,8-11H2,1-4H3. The average molecular weight is 264 g/mol. The van der Waals surface area contributed by atoms with Crippen LogP contribution in [0.25, 0.3) is 0 Å². The monoisotopic (exact) mass is 264 g/mol. The van der Waals surface area contributed by atoms with Crippen molar-refractivity contribution in [1.29, 1.82) is 0 Å². The fraction of sp³-hybridized carbons (Fsp3) is 0.600. The van der Waals surface area contributed by atoms with E-state index in [4.69, 9.17) is 4.74 Å². The van der Waals surface area contributed by atoms with E-state index in [2.05, 4.69) is 30.7 Å². The van der Waals surface area contributed by atoms with Crippen molar-refractivity contribution < 1.29 is 9.84 Å². The van der Waals surface area contributed by atoms with E-state index in [1.165, 1.54) is 0 Å². The van der Waals surface area contributed by atoms with E-state index in [0.29, 0.717) is 5.75 Å². The molecule has 4 heteroatoms. The van der Waals surface area contributed by atoms with Gasteiger partial charge in [-0.3, -0.25) is 9.80 Å². The Morgan fingerprint density at radius 1 is 1.32 bits per heavy atom. The first-order chi connectivity index (χ1) is 8.94. The summed E-state index contributed by atoms with van der Waals surface area (Å²) >= 11 is 0. The van der Waals surface area contributed by atoms with E-state index < -0.39 is 0 Å². The summed E-state index contributed by atoms with van der Waals surface area (Å²) in [7, 11) is 3.75. The third-order valence-electron chi connectivity index (χ3n) is 4.09. The van der Waals surface area contributed by atoms with E-state index in [-0.39, 0.29) is 11.3 Å². The summed E-state index contributed by atoms with van der Waals surface area (Å²) in [6, 6.07) is 5.67. The molecule has 1 aromatic carbocycles. The van der Waals surface area contributed by atoms with Crippen molar-refractivity contribution >= 4 is 0 Å². The number of phenolic OH excluding ortho intramolecular Hbond substituents is 1. The Bertz CT molecular complexity index is 446. The number of methoxy groups -OCH3 is 1. The normalized spacial score (nSPS) is 20.4. The highest BCUT2D eigenvalue weighted by atomic mass is 16.5. The number of hydrogen-bond donors (Lipinski definition) is 1. The van der Waals surface area contributed by atoms with Crippen LogP contribution in [0.15, 0.2) is 18.2 Å². The predicted octanol–water partition coefficient (Wildman–Crippen LogP) is 1.93. The fourth-order valence-electron chi connectivity index (χ4n) is 2.58. The quantitative estimate of drug-likeness (QED) is 0.905. The third-order valence-corrected chi connectivity index (χ3v) is 4.09. The molecule has 0 spiro atoms. The van der Waals surface area contributed by atoms with Crippen LogP contribution in [-0.4, -0.2) is 54.2 Å². The second-order valence-electron chi connectivity index (χ2n) is 5.91. The van der Waals surface area contributed by atoms with Crippen molar-refractivity contribution in [2.75, 3.05) is 33.8 Å². The highest BCUT2D eigenvalue weighted by Crippen LogP contribution is 2.31. The summed E-state index contributed by atoms with van der Waals surface area (Å²) < 4.78 is 5.16. The van der Waals surface area contributed by atoms with Gasteiger partial charge in [0.25, 0.3) is 0 Å². The molecule has 1 aromatic rings. The number of phenols is 1. The predicted molar refractivity (Wildman–Crippen MR) is 76.6 cm³/mol. The maximum atomic E-state index is 10.1. The molecular formula is C15H24N2O2. The zero-order valence-corrected chi connectivity index (χ0v) is 12.3. The summed E-state index contributed by atoms with van der Waals surface area (Å²) in [5.74, 6) is 0.813. The lowest BCUT2D eigenvalue weighted by atomic mass is 9.99. The molecule has 1 heterocycles. The van der Waals surface area contributed by atoms with Gasteiger partial charge in [-0.15, -0.1) is 0 Å². The second-order valence-corrected chi connectivity index (χ2v) is 5.91. The molecule has 1 fully saturated rings. The minimum Gasteiger partial charge on any atom is -0.504 e. The highest BCUT2D eigenvalue weighted by molar-refractivity contribution is 5.45. The van der Waals surface area contributed by atoms with Gasteiger partial charge in [0.1, 0.15) is 0 Å². The van der Waals surface area contributed by atoms with Gasteiger partial charge in [-0.05, 0) is 27.0 Å². The first kappa shape index (κ1) is 14.2. The van der Waals surface area contributed by atoms with Crippen LogP contribution in [0.2, 0.25) is 0 Å². The topological polar surface area (TPSA) is 35.9 Å². The molecule has 4 nitrogen and oxygen atoms in total. The van der Waals surface area contributed by atoms with Crippen molar-refractivity contribution in [3.8, 4) is 11.5 Å². The average Bonchev–Trinajstić information content (AvgIpc) is 2.36. The Kier molecular flexibility index (Phi) is 4.02. The summed E-state index contributed by atoms with van der Waals surface area (Å²) in [5, 5.41) is 10.1. The molecular weight excluding hydrogens is 240 g/mol. The van der Waals surface area contributed by atoms with Gasteiger partial charge in [0.05, 0.1) is 7.11 Å². The Morgan fingerprint density at radius 3 is 2.68 bits per heavy atom. The Balaban J connectivity index is 2.10. The van der Waals surface area contributed by atoms with Crippen LogP contribution in [0.4, 0.5) is 0 Å². The van der Waals surface area contributed by atoms with Crippen molar-refractivity contribution in [2.45, 2.75) is 25.9 Å². The van der Waals surface area contributed by atoms with Gasteiger partial charge in [0.2, 0.25) is 0 Å². The van der Waals surface area contributed by atoms with Crippen molar-refractivity contribution in [3.05, 3.63) is 23.8 Å². The highest BCUT2D eigenvalue weighted by Gasteiger charge is 2.31. The first-order valence-corrected chi connectivity index (χ1v) is 6.72. The molecule has 1 N–H and O–H groups in total. The summed E-state index contributed by atoms with van der Waals surface area (Å²) in [6.07, 6.45) is 0. The summed E-state index contributed by atoms with van der Waals surface area (Å²) in [4.78, 5) is 4.77. The number of nitrogens with zero attached hydrogens (tertiary/aromatic N) is 2. The van der Waals surface area contributed by atoms with E-state index in [1.807, 2.05) is 12.1 Å². The number of likely N-dealkylation sites (N-methyl/N-ethyl adjacent to an activating group) is 1. The minimum atomic E-state index is 0.173. The zero-order valence-electron chi connectivity index (χ0n) is 12.3. The molecule has 106 valence electrons. The molecule has 0 aliphatic carbocycles. The number of aromatic hydroxyl groups is 1. The van der Waals surface area contributed by atoms with Crippen molar-refractivity contribution in [3.63, 3.8) is 0 Å². The molecule has 1 aliphatic heterocycles. The molecule has 1 saturated heterocycles. The van der Waals surface area contributed by atoms with Crippen LogP contribution in [0.1, 0.15) is 19.4 Å². The molecule has 0 aromatic heterocycles. The van der Waals surface area contributed by atoms with Crippen LogP contribution < -0.4 is 4.74 Å². The maximum Gasteiger partial charge on any atom is 0.162 e. The Labute approximate surface area is 115 Å². The summed E-state index contributed by atoms with van der Waals surface area (Å²) in [5.41, 5.74) is 1.10. The van der Waals surface area contributed by atoms with Gasteiger partial charge in [-0.1, -0.05) is 12.1 Å². The number of benzene rings is 1. The van der Waals surface area contributed by atoms with Crippen LogP contribution in [-0.2, 0) is 6.54 Å².